The summed E-state index contributed by atoms with van der Waals surface area (Å²) in [5.41, 5.74) is 4.75. The smallest absolute Gasteiger partial charge is 0.407 e. The lowest BCUT2D eigenvalue weighted by molar-refractivity contribution is -0.384. The predicted molar refractivity (Wildman–Crippen MR) is 114 cm³/mol. The van der Waals surface area contributed by atoms with Crippen LogP contribution >= 0.6 is 0 Å². The molecule has 0 bridgehead atoms. The van der Waals surface area contributed by atoms with Crippen LogP contribution in [0.15, 0.2) is 88.1 Å². The topological polar surface area (TPSA) is 111 Å². The molecule has 1 heterocycles. The maximum atomic E-state index is 12.8. The van der Waals surface area contributed by atoms with Crippen molar-refractivity contribution in [2.75, 3.05) is 5.01 Å². The normalized spacial score (nSPS) is 10.7. The number of anilines is 1. The van der Waals surface area contributed by atoms with Crippen molar-refractivity contribution >= 4 is 28.4 Å². The van der Waals surface area contributed by atoms with Gasteiger partial charge in [0.25, 0.3) is 11.6 Å². The molecule has 0 aliphatic heterocycles. The number of rotatable bonds is 7. The van der Waals surface area contributed by atoms with Crippen LogP contribution in [0.5, 0.6) is 0 Å². The lowest BCUT2D eigenvalue weighted by atomic mass is 10.2. The maximum Gasteiger partial charge on any atom is 0.420 e. The first kappa shape index (κ1) is 19.9. The van der Waals surface area contributed by atoms with Crippen molar-refractivity contribution in [1.82, 2.24) is 9.99 Å². The highest BCUT2D eigenvalue weighted by Crippen LogP contribution is 2.20. The van der Waals surface area contributed by atoms with Gasteiger partial charge in [-0.2, -0.15) is 0 Å². The molecular weight excluding hydrogens is 400 g/mol. The Kier molecular flexibility index (Phi) is 5.48. The summed E-state index contributed by atoms with van der Waals surface area (Å²) < 4.78 is 6.22. The number of nitrogens with zero attached hydrogens (tertiary/aromatic N) is 3. The van der Waals surface area contributed by atoms with Gasteiger partial charge in [-0.05, 0) is 23.8 Å². The van der Waals surface area contributed by atoms with Gasteiger partial charge in [0.1, 0.15) is 6.54 Å². The molecule has 0 saturated carbocycles. The molecule has 0 spiro atoms. The van der Waals surface area contributed by atoms with E-state index in [2.05, 4.69) is 5.43 Å². The fraction of sp³-hybridized carbons (Fsp3) is 0.0909. The molecule has 4 aromatic rings. The number of nitro groups is 1. The molecule has 0 atom stereocenters. The Morgan fingerprint density at radius 2 is 1.71 bits per heavy atom. The highest BCUT2D eigenvalue weighted by molar-refractivity contribution is 5.81. The Morgan fingerprint density at radius 1 is 1.03 bits per heavy atom. The Balaban J connectivity index is 1.57. The molecule has 9 heteroatoms. The second kappa shape index (κ2) is 8.54. The van der Waals surface area contributed by atoms with Crippen molar-refractivity contribution in [3.8, 4) is 0 Å². The third-order valence-electron chi connectivity index (χ3n) is 4.68. The van der Waals surface area contributed by atoms with E-state index in [9.17, 15) is 19.7 Å². The number of amides is 1. The molecule has 0 unspecified atom stereocenters. The molecule has 4 rings (SSSR count). The van der Waals surface area contributed by atoms with Crippen LogP contribution in [-0.4, -0.2) is 15.4 Å². The summed E-state index contributed by atoms with van der Waals surface area (Å²) in [5.74, 6) is -1.21. The number of nitro benzene ring substituents is 1. The Labute approximate surface area is 176 Å². The van der Waals surface area contributed by atoms with Gasteiger partial charge in [0.2, 0.25) is 0 Å². The number of fused-ring (bicyclic) bond motifs is 1. The second-order valence-electron chi connectivity index (χ2n) is 6.81. The minimum Gasteiger partial charge on any atom is -0.407 e. The fourth-order valence-electron chi connectivity index (χ4n) is 3.22. The highest BCUT2D eigenvalue weighted by Gasteiger charge is 2.18. The average molecular weight is 418 g/mol. The molecule has 156 valence electrons. The number of hydrogen-bond acceptors (Lipinski definition) is 6. The lowest BCUT2D eigenvalue weighted by Gasteiger charge is -2.25. The fourth-order valence-corrected chi connectivity index (χ4v) is 3.22. The Morgan fingerprint density at radius 3 is 2.39 bits per heavy atom. The number of hydrazine groups is 1. The predicted octanol–water partition coefficient (Wildman–Crippen LogP) is 3.24. The van der Waals surface area contributed by atoms with E-state index in [0.29, 0.717) is 12.1 Å². The van der Waals surface area contributed by atoms with Crippen LogP contribution in [0.1, 0.15) is 5.56 Å². The molecule has 3 aromatic carbocycles. The van der Waals surface area contributed by atoms with Gasteiger partial charge >= 0.3 is 5.76 Å². The van der Waals surface area contributed by atoms with Crippen LogP contribution in [0, 0.1) is 10.1 Å². The second-order valence-corrected chi connectivity index (χ2v) is 6.81. The first-order valence-electron chi connectivity index (χ1n) is 9.45. The van der Waals surface area contributed by atoms with Gasteiger partial charge < -0.3 is 4.42 Å². The molecular formula is C22H18N4O5. The van der Waals surface area contributed by atoms with E-state index < -0.39 is 16.6 Å². The summed E-state index contributed by atoms with van der Waals surface area (Å²) >= 11 is 0. The quantitative estimate of drug-likeness (QED) is 0.364. The molecule has 0 aliphatic rings. The van der Waals surface area contributed by atoms with Gasteiger partial charge in [0.05, 0.1) is 28.7 Å². The number of carbonyl (C=O) groups is 1. The van der Waals surface area contributed by atoms with E-state index in [1.807, 2.05) is 60.7 Å². The monoisotopic (exact) mass is 418 g/mol. The molecule has 0 radical (unpaired) electrons. The lowest BCUT2D eigenvalue weighted by Crippen LogP contribution is -2.44. The van der Waals surface area contributed by atoms with Crippen LogP contribution in [0.25, 0.3) is 11.1 Å². The van der Waals surface area contributed by atoms with Gasteiger partial charge in [-0.15, -0.1) is 0 Å². The number of carbonyl (C=O) groups excluding carboxylic acids is 1. The average Bonchev–Trinajstić information content (AvgIpc) is 3.08. The van der Waals surface area contributed by atoms with Crippen molar-refractivity contribution in [1.29, 1.82) is 0 Å². The van der Waals surface area contributed by atoms with Gasteiger partial charge in [0.15, 0.2) is 5.58 Å². The number of non-ortho nitro benzene ring substituents is 1. The van der Waals surface area contributed by atoms with Crippen molar-refractivity contribution in [2.24, 2.45) is 0 Å². The number of oxazole rings is 1. The zero-order valence-electron chi connectivity index (χ0n) is 16.3. The zero-order chi connectivity index (χ0) is 21.8. The van der Waals surface area contributed by atoms with Crippen LogP contribution in [-0.2, 0) is 17.9 Å². The summed E-state index contributed by atoms with van der Waals surface area (Å²) in [6, 6.07) is 22.8. The molecule has 1 aromatic heterocycles. The minimum atomic E-state index is -0.764. The SMILES string of the molecule is O=C(Cn1c(=O)oc2cc([N+](=O)[O-])ccc21)NN(Cc1ccccc1)c1ccccc1. The summed E-state index contributed by atoms with van der Waals surface area (Å²) in [6.45, 7) is 0.117. The van der Waals surface area contributed by atoms with Crippen LogP contribution < -0.4 is 16.2 Å². The molecule has 0 fully saturated rings. The Bertz CT molecular complexity index is 1280. The molecule has 0 aliphatic carbocycles. The van der Waals surface area contributed by atoms with E-state index in [1.165, 1.54) is 12.1 Å². The first-order valence-corrected chi connectivity index (χ1v) is 9.45. The van der Waals surface area contributed by atoms with Gasteiger partial charge in [-0.25, -0.2) is 4.79 Å². The Hall–Kier alpha value is -4.40. The molecule has 1 amide bonds. The third-order valence-corrected chi connectivity index (χ3v) is 4.68. The van der Waals surface area contributed by atoms with E-state index in [1.54, 1.807) is 5.01 Å². The highest BCUT2D eigenvalue weighted by atomic mass is 16.6. The molecule has 9 nitrogen and oxygen atoms in total. The molecule has 31 heavy (non-hydrogen) atoms. The van der Waals surface area contributed by atoms with E-state index in [0.717, 1.165) is 21.9 Å². The van der Waals surface area contributed by atoms with Crippen molar-refractivity contribution < 1.29 is 14.1 Å². The summed E-state index contributed by atoms with van der Waals surface area (Å²) in [4.78, 5) is 35.4. The van der Waals surface area contributed by atoms with Gasteiger partial charge in [-0.1, -0.05) is 48.5 Å². The number of para-hydroxylation sites is 1. The summed E-state index contributed by atoms with van der Waals surface area (Å²) in [7, 11) is 0. The first-order chi connectivity index (χ1) is 15.0. The van der Waals surface area contributed by atoms with Crippen molar-refractivity contribution in [3.05, 3.63) is 105 Å². The van der Waals surface area contributed by atoms with Crippen molar-refractivity contribution in [3.63, 3.8) is 0 Å². The van der Waals surface area contributed by atoms with E-state index in [4.69, 9.17) is 4.42 Å². The zero-order valence-corrected chi connectivity index (χ0v) is 16.3. The number of hydrogen-bond donors (Lipinski definition) is 1. The third kappa shape index (κ3) is 4.45. The largest absolute Gasteiger partial charge is 0.420 e. The molecule has 0 saturated heterocycles. The standard InChI is InChI=1S/C22H18N4O5/c27-21(15-24-19-12-11-18(26(29)30)13-20(19)31-22(24)28)23-25(17-9-5-2-6-10-17)14-16-7-3-1-4-8-16/h1-13H,14-15H2,(H,23,27). The number of benzene rings is 3. The van der Waals surface area contributed by atoms with Crippen LogP contribution in [0.2, 0.25) is 0 Å². The van der Waals surface area contributed by atoms with E-state index >= 15 is 0 Å². The van der Waals surface area contributed by atoms with Crippen molar-refractivity contribution in [2.45, 2.75) is 13.1 Å². The molecule has 1 N–H and O–H groups in total. The minimum absolute atomic E-state index is 0.0520. The van der Waals surface area contributed by atoms with Crippen LogP contribution in [0.3, 0.4) is 0 Å². The van der Waals surface area contributed by atoms with Gasteiger partial charge in [-0.3, -0.25) is 29.9 Å². The van der Waals surface area contributed by atoms with E-state index in [-0.39, 0.29) is 17.8 Å². The summed E-state index contributed by atoms with van der Waals surface area (Å²) in [5, 5.41) is 12.6. The maximum absolute atomic E-state index is 12.8. The number of aromatic nitrogens is 1. The number of nitrogens with one attached hydrogen (secondary N) is 1. The van der Waals surface area contributed by atoms with Gasteiger partial charge in [0, 0.05) is 6.07 Å². The summed E-state index contributed by atoms with van der Waals surface area (Å²) in [6.07, 6.45) is 0. The van der Waals surface area contributed by atoms with Crippen LogP contribution in [0.4, 0.5) is 11.4 Å².